The fourth-order valence-electron chi connectivity index (χ4n) is 3.53. The first-order valence-corrected chi connectivity index (χ1v) is 8.58. The Labute approximate surface area is 149 Å². The summed E-state index contributed by atoms with van der Waals surface area (Å²) in [7, 11) is 1.63. The molecule has 0 saturated carbocycles. The van der Waals surface area contributed by atoms with Gasteiger partial charge in [-0.15, -0.1) is 0 Å². The standard InChI is InChI=1S/C21H25NO3/c1-15(25-14-16-8-6-5-7-9-16)19-21(2,3)20(23)22(19)17-10-12-18(24-4)13-11-17/h5-13,15,19H,14H2,1-4H3/t15-,19+/m0/s1. The Hall–Kier alpha value is -2.33. The van der Waals surface area contributed by atoms with Crippen molar-refractivity contribution in [3.05, 3.63) is 60.2 Å². The Morgan fingerprint density at radius 1 is 1.08 bits per heavy atom. The summed E-state index contributed by atoms with van der Waals surface area (Å²) in [5.74, 6) is 0.902. The molecule has 0 N–H and O–H groups in total. The maximum atomic E-state index is 12.7. The highest BCUT2D eigenvalue weighted by Crippen LogP contribution is 2.44. The third kappa shape index (κ3) is 3.27. The second-order valence-electron chi connectivity index (χ2n) is 7.04. The quantitative estimate of drug-likeness (QED) is 0.746. The number of nitrogens with zero attached hydrogens (tertiary/aromatic N) is 1. The average Bonchev–Trinajstić information content (AvgIpc) is 2.64. The van der Waals surface area contributed by atoms with E-state index in [0.29, 0.717) is 6.61 Å². The Morgan fingerprint density at radius 3 is 2.32 bits per heavy atom. The Morgan fingerprint density at radius 2 is 1.72 bits per heavy atom. The van der Waals surface area contributed by atoms with Crippen LogP contribution in [0, 0.1) is 5.41 Å². The van der Waals surface area contributed by atoms with Gasteiger partial charge in [-0.1, -0.05) is 30.3 Å². The number of benzene rings is 2. The van der Waals surface area contributed by atoms with Crippen molar-refractivity contribution >= 4 is 11.6 Å². The van der Waals surface area contributed by atoms with E-state index >= 15 is 0 Å². The molecule has 3 rings (SSSR count). The van der Waals surface area contributed by atoms with Crippen molar-refractivity contribution in [3.63, 3.8) is 0 Å². The number of carbonyl (C=O) groups excluding carboxylic acids is 1. The summed E-state index contributed by atoms with van der Waals surface area (Å²) in [6.45, 7) is 6.56. The maximum Gasteiger partial charge on any atom is 0.235 e. The lowest BCUT2D eigenvalue weighted by Crippen LogP contribution is -2.70. The lowest BCUT2D eigenvalue weighted by molar-refractivity contribution is -0.143. The molecule has 2 aromatic carbocycles. The fourth-order valence-corrected chi connectivity index (χ4v) is 3.53. The SMILES string of the molecule is COc1ccc(N2C(=O)C(C)(C)[C@H]2[C@H](C)OCc2ccccc2)cc1. The molecule has 0 radical (unpaired) electrons. The van der Waals surface area contributed by atoms with Crippen LogP contribution in [0.1, 0.15) is 26.3 Å². The molecule has 132 valence electrons. The van der Waals surface area contributed by atoms with Crippen LogP contribution in [0.15, 0.2) is 54.6 Å². The van der Waals surface area contributed by atoms with Gasteiger partial charge in [0.25, 0.3) is 0 Å². The molecular weight excluding hydrogens is 314 g/mol. The Balaban J connectivity index is 1.75. The lowest BCUT2D eigenvalue weighted by Gasteiger charge is -2.55. The molecule has 0 aliphatic carbocycles. The average molecular weight is 339 g/mol. The first-order chi connectivity index (χ1) is 11.9. The number of β-lactam (4-membered cyclic amide) rings is 1. The van der Waals surface area contributed by atoms with E-state index in [0.717, 1.165) is 17.0 Å². The molecule has 1 aliphatic rings. The highest BCUT2D eigenvalue weighted by Gasteiger charge is 2.57. The predicted octanol–water partition coefficient (Wildman–Crippen LogP) is 4.04. The minimum atomic E-state index is -0.434. The zero-order valence-corrected chi connectivity index (χ0v) is 15.2. The number of rotatable bonds is 6. The van der Waals surface area contributed by atoms with Gasteiger partial charge in [0.2, 0.25) is 5.91 Å². The highest BCUT2D eigenvalue weighted by atomic mass is 16.5. The molecule has 1 fully saturated rings. The highest BCUT2D eigenvalue weighted by molar-refractivity contribution is 6.05. The number of hydrogen-bond acceptors (Lipinski definition) is 3. The van der Waals surface area contributed by atoms with E-state index in [9.17, 15) is 4.79 Å². The third-order valence-corrected chi connectivity index (χ3v) is 4.94. The summed E-state index contributed by atoms with van der Waals surface area (Å²) >= 11 is 0. The van der Waals surface area contributed by atoms with Gasteiger partial charge in [0.05, 0.1) is 31.3 Å². The molecule has 0 aromatic heterocycles. The number of ether oxygens (including phenoxy) is 2. The summed E-state index contributed by atoms with van der Waals surface area (Å²) in [4.78, 5) is 14.5. The van der Waals surface area contributed by atoms with E-state index in [-0.39, 0.29) is 18.1 Å². The second kappa shape index (κ2) is 6.89. The zero-order valence-electron chi connectivity index (χ0n) is 15.2. The van der Waals surface area contributed by atoms with Crippen molar-refractivity contribution in [2.45, 2.75) is 39.5 Å². The van der Waals surface area contributed by atoms with Crippen LogP contribution in [0.2, 0.25) is 0 Å². The van der Waals surface area contributed by atoms with Crippen LogP contribution in [0.3, 0.4) is 0 Å². The number of hydrogen-bond donors (Lipinski definition) is 0. The van der Waals surface area contributed by atoms with Gasteiger partial charge in [-0.25, -0.2) is 0 Å². The maximum absolute atomic E-state index is 12.7. The van der Waals surface area contributed by atoms with Crippen LogP contribution in [-0.2, 0) is 16.1 Å². The number of anilines is 1. The summed E-state index contributed by atoms with van der Waals surface area (Å²) in [5.41, 5.74) is 1.58. The molecule has 2 atom stereocenters. The topological polar surface area (TPSA) is 38.8 Å². The normalized spacial score (nSPS) is 20.1. The van der Waals surface area contributed by atoms with Gasteiger partial charge in [0.15, 0.2) is 0 Å². The summed E-state index contributed by atoms with van der Waals surface area (Å²) in [5, 5.41) is 0. The molecule has 0 unspecified atom stereocenters. The second-order valence-corrected chi connectivity index (χ2v) is 7.04. The van der Waals surface area contributed by atoms with Crippen LogP contribution in [-0.4, -0.2) is 25.2 Å². The van der Waals surface area contributed by atoms with Gasteiger partial charge in [-0.2, -0.15) is 0 Å². The number of carbonyl (C=O) groups is 1. The van der Waals surface area contributed by atoms with Crippen molar-refractivity contribution in [1.29, 1.82) is 0 Å². The van der Waals surface area contributed by atoms with Crippen molar-refractivity contribution in [3.8, 4) is 5.75 Å². The molecule has 1 saturated heterocycles. The molecule has 4 heteroatoms. The molecule has 2 aromatic rings. The van der Waals surface area contributed by atoms with Crippen molar-refractivity contribution in [2.75, 3.05) is 12.0 Å². The van der Waals surface area contributed by atoms with Gasteiger partial charge in [0, 0.05) is 5.69 Å². The van der Waals surface area contributed by atoms with Gasteiger partial charge in [-0.05, 0) is 50.6 Å². The van der Waals surface area contributed by atoms with E-state index in [1.807, 2.05) is 80.3 Å². The van der Waals surface area contributed by atoms with Crippen LogP contribution in [0.25, 0.3) is 0 Å². The van der Waals surface area contributed by atoms with Crippen molar-refractivity contribution < 1.29 is 14.3 Å². The van der Waals surface area contributed by atoms with E-state index in [1.165, 1.54) is 0 Å². The third-order valence-electron chi connectivity index (χ3n) is 4.94. The van der Waals surface area contributed by atoms with Crippen LogP contribution < -0.4 is 9.64 Å². The van der Waals surface area contributed by atoms with Gasteiger partial charge in [-0.3, -0.25) is 4.79 Å². The van der Waals surface area contributed by atoms with Gasteiger partial charge in [0.1, 0.15) is 5.75 Å². The smallest absolute Gasteiger partial charge is 0.235 e. The minimum Gasteiger partial charge on any atom is -0.497 e. The van der Waals surface area contributed by atoms with Crippen molar-refractivity contribution in [2.24, 2.45) is 5.41 Å². The van der Waals surface area contributed by atoms with Crippen LogP contribution in [0.5, 0.6) is 5.75 Å². The van der Waals surface area contributed by atoms with Crippen LogP contribution >= 0.6 is 0 Å². The monoisotopic (exact) mass is 339 g/mol. The molecule has 0 spiro atoms. The van der Waals surface area contributed by atoms with Crippen molar-refractivity contribution in [1.82, 2.24) is 0 Å². The lowest BCUT2D eigenvalue weighted by atomic mass is 9.71. The van der Waals surface area contributed by atoms with Crippen LogP contribution in [0.4, 0.5) is 5.69 Å². The van der Waals surface area contributed by atoms with E-state index in [2.05, 4.69) is 0 Å². The Kier molecular flexibility index (Phi) is 4.82. The number of amides is 1. The Bertz CT molecular complexity index is 725. The predicted molar refractivity (Wildman–Crippen MR) is 98.7 cm³/mol. The molecule has 1 amide bonds. The molecule has 25 heavy (non-hydrogen) atoms. The van der Waals surface area contributed by atoms with Gasteiger partial charge < -0.3 is 14.4 Å². The first kappa shape index (κ1) is 17.5. The molecule has 0 bridgehead atoms. The summed E-state index contributed by atoms with van der Waals surface area (Å²) in [6.07, 6.45) is -0.0741. The first-order valence-electron chi connectivity index (χ1n) is 8.58. The minimum absolute atomic E-state index is 0.00268. The van der Waals surface area contributed by atoms with E-state index in [4.69, 9.17) is 9.47 Å². The zero-order chi connectivity index (χ0) is 18.0. The van der Waals surface area contributed by atoms with E-state index in [1.54, 1.807) is 7.11 Å². The largest absolute Gasteiger partial charge is 0.497 e. The van der Waals surface area contributed by atoms with E-state index < -0.39 is 5.41 Å². The molecule has 1 aliphatic heterocycles. The molecule has 4 nitrogen and oxygen atoms in total. The number of methoxy groups -OCH3 is 1. The summed E-state index contributed by atoms with van der Waals surface area (Å²) in [6, 6.07) is 17.7. The fraction of sp³-hybridized carbons (Fsp3) is 0.381. The summed E-state index contributed by atoms with van der Waals surface area (Å²) < 4.78 is 11.3. The van der Waals surface area contributed by atoms with Gasteiger partial charge >= 0.3 is 0 Å². The molecule has 1 heterocycles. The molecular formula is C21H25NO3.